The van der Waals surface area contributed by atoms with Gasteiger partial charge >= 0.3 is 0 Å². The van der Waals surface area contributed by atoms with Crippen molar-refractivity contribution in [2.24, 2.45) is 0 Å². The summed E-state index contributed by atoms with van der Waals surface area (Å²) >= 11 is 1.56. The number of aromatic nitrogens is 4. The van der Waals surface area contributed by atoms with E-state index in [0.29, 0.717) is 11.6 Å². The van der Waals surface area contributed by atoms with E-state index in [1.807, 2.05) is 0 Å². The van der Waals surface area contributed by atoms with E-state index in [-0.39, 0.29) is 5.75 Å². The van der Waals surface area contributed by atoms with Gasteiger partial charge in [0.2, 0.25) is 5.16 Å². The molecule has 0 radical (unpaired) electrons. The Hall–Kier alpha value is -2.07. The number of hydrogen-bond acceptors (Lipinski definition) is 6. The fraction of sp³-hybridized carbons (Fsp3) is 0.333. The molecular weight excluding hydrogens is 262 g/mol. The molecule has 0 aliphatic carbocycles. The van der Waals surface area contributed by atoms with Gasteiger partial charge in [-0.2, -0.15) is 9.94 Å². The number of phenols is 1. The van der Waals surface area contributed by atoms with Gasteiger partial charge < -0.3 is 5.11 Å². The first-order chi connectivity index (χ1) is 9.31. The summed E-state index contributed by atoms with van der Waals surface area (Å²) in [5.74, 6) is 1.09. The SMILES string of the molecule is N#CCCCCSc1nnnn1-c1ccc(O)cc1. The van der Waals surface area contributed by atoms with E-state index in [9.17, 15) is 5.11 Å². The number of thioether (sulfide) groups is 1. The fourth-order valence-electron chi connectivity index (χ4n) is 1.49. The van der Waals surface area contributed by atoms with Crippen LogP contribution in [0.1, 0.15) is 19.3 Å². The Morgan fingerprint density at radius 1 is 1.26 bits per heavy atom. The van der Waals surface area contributed by atoms with Crippen molar-refractivity contribution in [1.29, 1.82) is 5.26 Å². The Kier molecular flexibility index (Phi) is 4.75. The number of tetrazole rings is 1. The molecule has 0 saturated carbocycles. The molecule has 1 aromatic heterocycles. The molecule has 0 atom stereocenters. The van der Waals surface area contributed by atoms with Crippen LogP contribution in [-0.2, 0) is 0 Å². The summed E-state index contributed by atoms with van der Waals surface area (Å²) in [7, 11) is 0. The van der Waals surface area contributed by atoms with Crippen molar-refractivity contribution in [3.05, 3.63) is 24.3 Å². The van der Waals surface area contributed by atoms with E-state index < -0.39 is 0 Å². The van der Waals surface area contributed by atoms with E-state index in [4.69, 9.17) is 5.26 Å². The normalized spacial score (nSPS) is 10.3. The van der Waals surface area contributed by atoms with Gasteiger partial charge in [0, 0.05) is 12.2 Å². The summed E-state index contributed by atoms with van der Waals surface area (Å²) in [5.41, 5.74) is 0.808. The lowest BCUT2D eigenvalue weighted by molar-refractivity contribution is 0.475. The van der Waals surface area contributed by atoms with E-state index >= 15 is 0 Å². The lowest BCUT2D eigenvalue weighted by atomic mass is 10.3. The molecule has 0 amide bonds. The number of hydrogen-bond donors (Lipinski definition) is 1. The van der Waals surface area contributed by atoms with Crippen LogP contribution in [0.5, 0.6) is 5.75 Å². The number of nitrogens with zero attached hydrogens (tertiary/aromatic N) is 5. The lowest BCUT2D eigenvalue weighted by Gasteiger charge is -2.03. The van der Waals surface area contributed by atoms with E-state index in [2.05, 4.69) is 21.6 Å². The van der Waals surface area contributed by atoms with Gasteiger partial charge in [0.1, 0.15) is 5.75 Å². The van der Waals surface area contributed by atoms with Gasteiger partial charge in [-0.15, -0.1) is 5.10 Å². The number of unbranched alkanes of at least 4 members (excludes halogenated alkanes) is 2. The molecule has 0 fully saturated rings. The van der Waals surface area contributed by atoms with Crippen LogP contribution in [0.25, 0.3) is 5.69 Å². The Labute approximate surface area is 115 Å². The molecule has 0 unspecified atom stereocenters. The average Bonchev–Trinajstić information content (AvgIpc) is 2.88. The fourth-order valence-corrected chi connectivity index (χ4v) is 2.38. The summed E-state index contributed by atoms with van der Waals surface area (Å²) in [6.07, 6.45) is 2.44. The maximum absolute atomic E-state index is 9.25. The average molecular weight is 275 g/mol. The minimum Gasteiger partial charge on any atom is -0.508 e. The predicted molar refractivity (Wildman–Crippen MR) is 71.0 cm³/mol. The minimum absolute atomic E-state index is 0.211. The standard InChI is InChI=1S/C12H13N5OS/c13-8-2-1-3-9-19-12-14-15-16-17(12)10-4-6-11(18)7-5-10/h4-7,18H,1-3,9H2. The van der Waals surface area contributed by atoms with Crippen LogP contribution in [0.3, 0.4) is 0 Å². The highest BCUT2D eigenvalue weighted by molar-refractivity contribution is 7.99. The molecule has 1 aromatic carbocycles. The zero-order valence-corrected chi connectivity index (χ0v) is 11.0. The first kappa shape index (κ1) is 13.4. The van der Waals surface area contributed by atoms with Crippen LogP contribution < -0.4 is 0 Å². The van der Waals surface area contributed by atoms with Gasteiger partial charge in [-0.25, -0.2) is 0 Å². The van der Waals surface area contributed by atoms with Crippen LogP contribution in [0, 0.1) is 11.3 Å². The van der Waals surface area contributed by atoms with Crippen LogP contribution in [0.2, 0.25) is 0 Å². The summed E-state index contributed by atoms with van der Waals surface area (Å²) in [4.78, 5) is 0. The summed E-state index contributed by atoms with van der Waals surface area (Å²) < 4.78 is 1.63. The Balaban J connectivity index is 1.98. The highest BCUT2D eigenvalue weighted by Gasteiger charge is 2.08. The zero-order chi connectivity index (χ0) is 13.5. The summed E-state index contributed by atoms with van der Waals surface area (Å²) in [6.45, 7) is 0. The minimum atomic E-state index is 0.211. The molecule has 6 nitrogen and oxygen atoms in total. The zero-order valence-electron chi connectivity index (χ0n) is 10.2. The molecule has 2 aromatic rings. The number of nitriles is 1. The molecule has 1 N–H and O–H groups in total. The van der Waals surface area contributed by atoms with Crippen molar-refractivity contribution >= 4 is 11.8 Å². The second kappa shape index (κ2) is 6.75. The maximum atomic E-state index is 9.25. The third kappa shape index (κ3) is 3.69. The van der Waals surface area contributed by atoms with Gasteiger partial charge in [-0.1, -0.05) is 11.8 Å². The number of phenolic OH excluding ortho intramolecular Hbond substituents is 1. The van der Waals surface area contributed by atoms with Crippen molar-refractivity contribution in [2.75, 3.05) is 5.75 Å². The highest BCUT2D eigenvalue weighted by atomic mass is 32.2. The molecule has 0 spiro atoms. The molecule has 98 valence electrons. The smallest absolute Gasteiger partial charge is 0.214 e. The van der Waals surface area contributed by atoms with Crippen molar-refractivity contribution in [3.63, 3.8) is 0 Å². The second-order valence-corrected chi connectivity index (χ2v) is 4.92. The van der Waals surface area contributed by atoms with Gasteiger partial charge in [0.25, 0.3) is 0 Å². The first-order valence-electron chi connectivity index (χ1n) is 5.89. The van der Waals surface area contributed by atoms with Crippen LogP contribution in [0.4, 0.5) is 0 Å². The highest BCUT2D eigenvalue weighted by Crippen LogP contribution is 2.20. The third-order valence-corrected chi connectivity index (χ3v) is 3.45. The van der Waals surface area contributed by atoms with Crippen molar-refractivity contribution in [2.45, 2.75) is 24.4 Å². The largest absolute Gasteiger partial charge is 0.508 e. The molecule has 7 heteroatoms. The maximum Gasteiger partial charge on any atom is 0.214 e. The molecule has 1 heterocycles. The van der Waals surface area contributed by atoms with E-state index in [1.54, 1.807) is 40.7 Å². The molecule has 0 aliphatic heterocycles. The van der Waals surface area contributed by atoms with Gasteiger partial charge in [-0.3, -0.25) is 0 Å². The molecular formula is C12H13N5OS. The van der Waals surface area contributed by atoms with Crippen molar-refractivity contribution in [3.8, 4) is 17.5 Å². The molecule has 0 aliphatic rings. The third-order valence-electron chi connectivity index (χ3n) is 2.45. The van der Waals surface area contributed by atoms with E-state index in [0.717, 1.165) is 24.3 Å². The number of aromatic hydroxyl groups is 1. The molecule has 2 rings (SSSR count). The van der Waals surface area contributed by atoms with Crippen LogP contribution in [-0.4, -0.2) is 31.1 Å². The Morgan fingerprint density at radius 3 is 2.79 bits per heavy atom. The number of benzene rings is 1. The quantitative estimate of drug-likeness (QED) is 0.642. The summed E-state index contributed by atoms with van der Waals surface area (Å²) in [5, 5.41) is 30.0. The van der Waals surface area contributed by atoms with Crippen molar-refractivity contribution in [1.82, 2.24) is 20.2 Å². The lowest BCUT2D eigenvalue weighted by Crippen LogP contribution is -1.99. The van der Waals surface area contributed by atoms with Gasteiger partial charge in [0.15, 0.2) is 0 Å². The summed E-state index contributed by atoms with van der Waals surface area (Å²) in [6, 6.07) is 8.83. The molecule has 19 heavy (non-hydrogen) atoms. The van der Waals surface area contributed by atoms with Crippen LogP contribution in [0.15, 0.2) is 29.4 Å². The Morgan fingerprint density at radius 2 is 2.05 bits per heavy atom. The first-order valence-corrected chi connectivity index (χ1v) is 6.87. The van der Waals surface area contributed by atoms with Gasteiger partial charge in [-0.05, 0) is 47.5 Å². The monoisotopic (exact) mass is 275 g/mol. The number of rotatable bonds is 6. The second-order valence-electron chi connectivity index (χ2n) is 3.85. The topological polar surface area (TPSA) is 87.6 Å². The molecule has 0 saturated heterocycles. The van der Waals surface area contributed by atoms with Gasteiger partial charge in [0.05, 0.1) is 11.8 Å². The van der Waals surface area contributed by atoms with E-state index in [1.165, 1.54) is 0 Å². The molecule has 0 bridgehead atoms. The Bertz CT molecular complexity index is 560. The van der Waals surface area contributed by atoms with Crippen LogP contribution >= 0.6 is 11.8 Å². The van der Waals surface area contributed by atoms with Crippen molar-refractivity contribution < 1.29 is 5.11 Å². The predicted octanol–water partition coefficient (Wildman–Crippen LogP) is 2.15.